The van der Waals surface area contributed by atoms with E-state index >= 15 is 0 Å². The molecule has 0 aliphatic carbocycles. The topological polar surface area (TPSA) is 102 Å². The van der Waals surface area contributed by atoms with Crippen LogP contribution in [0.25, 0.3) is 0 Å². The molecule has 18 heavy (non-hydrogen) atoms. The summed E-state index contributed by atoms with van der Waals surface area (Å²) in [5, 5.41) is 2.61. The highest BCUT2D eigenvalue weighted by Crippen LogP contribution is 2.10. The smallest absolute Gasteiger partial charge is 0.224 e. The summed E-state index contributed by atoms with van der Waals surface area (Å²) in [5.74, 6) is -0.166. The third kappa shape index (κ3) is 4.80. The molecule has 100 valence electrons. The van der Waals surface area contributed by atoms with Gasteiger partial charge in [0, 0.05) is 18.7 Å². The van der Waals surface area contributed by atoms with Crippen LogP contribution in [0.15, 0.2) is 23.4 Å². The standard InChI is InChI=1S/C11H17N3O3S/c1-8(12)3-5-10(15)14-9-4-6-11(13-7-9)18(2,16)17/h4,6-8H,3,5,12H2,1-2H3,(H,14,15). The predicted octanol–water partition coefficient (Wildman–Crippen LogP) is 0.551. The largest absolute Gasteiger partial charge is 0.328 e. The maximum Gasteiger partial charge on any atom is 0.224 e. The molecule has 0 saturated heterocycles. The van der Waals surface area contributed by atoms with Crippen LogP contribution in [0, 0.1) is 0 Å². The van der Waals surface area contributed by atoms with E-state index in [2.05, 4.69) is 10.3 Å². The van der Waals surface area contributed by atoms with Gasteiger partial charge in [0.2, 0.25) is 5.91 Å². The number of aromatic nitrogens is 1. The summed E-state index contributed by atoms with van der Waals surface area (Å²) in [6.45, 7) is 1.83. The van der Waals surface area contributed by atoms with Gasteiger partial charge < -0.3 is 11.1 Å². The number of nitrogens with two attached hydrogens (primary N) is 1. The van der Waals surface area contributed by atoms with Crippen molar-refractivity contribution in [2.45, 2.75) is 30.8 Å². The molecule has 7 heteroatoms. The second kappa shape index (κ2) is 5.92. The molecule has 0 spiro atoms. The Balaban J connectivity index is 2.62. The fourth-order valence-corrected chi connectivity index (χ4v) is 1.82. The molecule has 0 saturated carbocycles. The Morgan fingerprint density at radius 2 is 2.17 bits per heavy atom. The van der Waals surface area contributed by atoms with Gasteiger partial charge in [-0.1, -0.05) is 0 Å². The fourth-order valence-electron chi connectivity index (χ4n) is 1.26. The molecule has 0 aliphatic rings. The number of nitrogens with zero attached hydrogens (tertiary/aromatic N) is 1. The molecular formula is C11H17N3O3S. The van der Waals surface area contributed by atoms with Crippen LogP contribution < -0.4 is 11.1 Å². The normalized spacial score (nSPS) is 13.1. The molecule has 1 heterocycles. The molecule has 1 aromatic heterocycles. The Morgan fingerprint density at radius 1 is 1.50 bits per heavy atom. The molecule has 0 radical (unpaired) electrons. The van der Waals surface area contributed by atoms with Crippen molar-refractivity contribution < 1.29 is 13.2 Å². The van der Waals surface area contributed by atoms with E-state index in [1.165, 1.54) is 18.3 Å². The maximum atomic E-state index is 11.5. The van der Waals surface area contributed by atoms with Crippen LogP contribution in [-0.2, 0) is 14.6 Å². The Labute approximate surface area is 107 Å². The van der Waals surface area contributed by atoms with Gasteiger partial charge in [-0.05, 0) is 25.5 Å². The number of anilines is 1. The lowest BCUT2D eigenvalue weighted by Crippen LogP contribution is -2.19. The first-order valence-electron chi connectivity index (χ1n) is 5.50. The van der Waals surface area contributed by atoms with Crippen LogP contribution in [0.4, 0.5) is 5.69 Å². The van der Waals surface area contributed by atoms with E-state index in [0.29, 0.717) is 18.5 Å². The third-order valence-electron chi connectivity index (χ3n) is 2.23. The van der Waals surface area contributed by atoms with Gasteiger partial charge >= 0.3 is 0 Å². The maximum absolute atomic E-state index is 11.5. The Kier molecular flexibility index (Phi) is 4.80. The van der Waals surface area contributed by atoms with E-state index in [-0.39, 0.29) is 17.0 Å². The summed E-state index contributed by atoms with van der Waals surface area (Å²) >= 11 is 0. The zero-order valence-electron chi connectivity index (χ0n) is 10.4. The van der Waals surface area contributed by atoms with E-state index in [4.69, 9.17) is 5.73 Å². The number of pyridine rings is 1. The molecule has 1 aromatic rings. The summed E-state index contributed by atoms with van der Waals surface area (Å²) < 4.78 is 22.4. The minimum absolute atomic E-state index is 0.0175. The van der Waals surface area contributed by atoms with Gasteiger partial charge in [-0.25, -0.2) is 13.4 Å². The Morgan fingerprint density at radius 3 is 2.61 bits per heavy atom. The van der Waals surface area contributed by atoms with Crippen LogP contribution in [0.1, 0.15) is 19.8 Å². The van der Waals surface area contributed by atoms with Crippen LogP contribution in [0.5, 0.6) is 0 Å². The van der Waals surface area contributed by atoms with Crippen molar-refractivity contribution in [1.82, 2.24) is 4.98 Å². The lowest BCUT2D eigenvalue weighted by Gasteiger charge is -2.07. The number of amides is 1. The highest BCUT2D eigenvalue weighted by atomic mass is 32.2. The van der Waals surface area contributed by atoms with Crippen molar-refractivity contribution in [2.75, 3.05) is 11.6 Å². The van der Waals surface area contributed by atoms with E-state index in [0.717, 1.165) is 6.26 Å². The average Bonchev–Trinajstić information content (AvgIpc) is 2.26. The number of hydrogen-bond donors (Lipinski definition) is 2. The van der Waals surface area contributed by atoms with E-state index in [1.54, 1.807) is 0 Å². The monoisotopic (exact) mass is 271 g/mol. The molecule has 0 fully saturated rings. The molecule has 1 amide bonds. The second-order valence-electron chi connectivity index (χ2n) is 4.22. The van der Waals surface area contributed by atoms with Crippen LogP contribution in [0.2, 0.25) is 0 Å². The van der Waals surface area contributed by atoms with Crippen molar-refractivity contribution in [3.63, 3.8) is 0 Å². The highest BCUT2D eigenvalue weighted by Gasteiger charge is 2.09. The number of hydrogen-bond acceptors (Lipinski definition) is 5. The molecule has 1 unspecified atom stereocenters. The van der Waals surface area contributed by atoms with Crippen molar-refractivity contribution in [3.05, 3.63) is 18.3 Å². The Bertz CT molecular complexity index is 509. The zero-order chi connectivity index (χ0) is 13.8. The Hall–Kier alpha value is -1.47. The van der Waals surface area contributed by atoms with Gasteiger partial charge in [0.05, 0.1) is 11.9 Å². The number of sulfone groups is 1. The fraction of sp³-hybridized carbons (Fsp3) is 0.455. The molecule has 3 N–H and O–H groups in total. The predicted molar refractivity (Wildman–Crippen MR) is 68.9 cm³/mol. The van der Waals surface area contributed by atoms with Gasteiger partial charge in [-0.3, -0.25) is 4.79 Å². The van der Waals surface area contributed by atoms with Crippen molar-refractivity contribution in [3.8, 4) is 0 Å². The minimum Gasteiger partial charge on any atom is -0.328 e. The van der Waals surface area contributed by atoms with E-state index in [1.807, 2.05) is 6.92 Å². The average molecular weight is 271 g/mol. The van der Waals surface area contributed by atoms with Gasteiger partial charge in [-0.2, -0.15) is 0 Å². The van der Waals surface area contributed by atoms with Crippen LogP contribution in [0.3, 0.4) is 0 Å². The van der Waals surface area contributed by atoms with Crippen molar-refractivity contribution >= 4 is 21.4 Å². The summed E-state index contributed by atoms with van der Waals surface area (Å²) in [4.78, 5) is 15.3. The lowest BCUT2D eigenvalue weighted by molar-refractivity contribution is -0.116. The van der Waals surface area contributed by atoms with Gasteiger partial charge in [0.25, 0.3) is 0 Å². The lowest BCUT2D eigenvalue weighted by atomic mass is 10.2. The first kappa shape index (κ1) is 14.6. The molecule has 0 aliphatic heterocycles. The summed E-state index contributed by atoms with van der Waals surface area (Å²) in [7, 11) is -3.31. The van der Waals surface area contributed by atoms with Crippen molar-refractivity contribution in [2.24, 2.45) is 5.73 Å². The highest BCUT2D eigenvalue weighted by molar-refractivity contribution is 7.90. The molecule has 6 nitrogen and oxygen atoms in total. The quantitative estimate of drug-likeness (QED) is 0.814. The molecular weight excluding hydrogens is 254 g/mol. The SMILES string of the molecule is CC(N)CCC(=O)Nc1ccc(S(C)(=O)=O)nc1. The second-order valence-corrected chi connectivity index (χ2v) is 6.18. The van der Waals surface area contributed by atoms with Crippen LogP contribution >= 0.6 is 0 Å². The molecule has 1 rings (SSSR count). The van der Waals surface area contributed by atoms with E-state index in [9.17, 15) is 13.2 Å². The first-order valence-corrected chi connectivity index (χ1v) is 7.39. The first-order chi connectivity index (χ1) is 8.29. The molecule has 0 aromatic carbocycles. The summed E-state index contributed by atoms with van der Waals surface area (Å²) in [6, 6.07) is 2.84. The minimum atomic E-state index is -3.31. The zero-order valence-corrected chi connectivity index (χ0v) is 11.2. The van der Waals surface area contributed by atoms with Gasteiger partial charge in [-0.15, -0.1) is 0 Å². The van der Waals surface area contributed by atoms with Crippen molar-refractivity contribution in [1.29, 1.82) is 0 Å². The number of carbonyl (C=O) groups is 1. The number of carbonyl (C=O) groups excluding carboxylic acids is 1. The summed E-state index contributed by atoms with van der Waals surface area (Å²) in [6.07, 6.45) is 3.32. The molecule has 1 atom stereocenters. The third-order valence-corrected chi connectivity index (χ3v) is 3.23. The number of rotatable bonds is 5. The molecule has 0 bridgehead atoms. The number of nitrogens with one attached hydrogen (secondary N) is 1. The van der Waals surface area contributed by atoms with Gasteiger partial charge in [0.15, 0.2) is 14.9 Å². The van der Waals surface area contributed by atoms with E-state index < -0.39 is 9.84 Å². The summed E-state index contributed by atoms with van der Waals surface area (Å²) in [5.41, 5.74) is 6.01. The van der Waals surface area contributed by atoms with Gasteiger partial charge in [0.1, 0.15) is 0 Å². The van der Waals surface area contributed by atoms with Crippen LogP contribution in [-0.4, -0.2) is 31.6 Å².